The van der Waals surface area contributed by atoms with Crippen molar-refractivity contribution in [1.29, 1.82) is 0 Å². The van der Waals surface area contributed by atoms with Crippen LogP contribution in [0.1, 0.15) is 32.3 Å². The van der Waals surface area contributed by atoms with E-state index in [-0.39, 0.29) is 11.8 Å². The molecule has 1 aromatic carbocycles. The summed E-state index contributed by atoms with van der Waals surface area (Å²) in [6.07, 6.45) is 5.51. The number of amides is 2. The van der Waals surface area contributed by atoms with Crippen LogP contribution in [0.25, 0.3) is 11.1 Å². The van der Waals surface area contributed by atoms with E-state index in [1.54, 1.807) is 11.1 Å². The van der Waals surface area contributed by atoms with Crippen molar-refractivity contribution in [2.45, 2.75) is 39.2 Å². The highest BCUT2D eigenvalue weighted by Crippen LogP contribution is 2.22. The van der Waals surface area contributed by atoms with Crippen LogP contribution in [0.2, 0.25) is 0 Å². The summed E-state index contributed by atoms with van der Waals surface area (Å²) in [5.74, 6) is 0.123. The molecule has 1 aromatic heterocycles. The van der Waals surface area contributed by atoms with Crippen molar-refractivity contribution in [1.82, 2.24) is 14.8 Å². The second-order valence-electron chi connectivity index (χ2n) is 6.92. The fourth-order valence-electron chi connectivity index (χ4n) is 3.62. The number of carbonyl (C=O) groups excluding carboxylic acids is 2. The standard InChI is InChI=1S/C22H27N3O2/c1-3-12-24-13-14-25(21(26)4-2)20(22(24)27)15-17-7-9-18(10-8-17)19-6-5-11-23-16-19/h5-11,16,20H,3-4,12-15H2,1-2H3/t20-/m0/s1. The summed E-state index contributed by atoms with van der Waals surface area (Å²) in [5.41, 5.74) is 3.22. The summed E-state index contributed by atoms with van der Waals surface area (Å²) in [6.45, 7) is 5.93. The van der Waals surface area contributed by atoms with Crippen LogP contribution in [-0.2, 0) is 16.0 Å². The second kappa shape index (κ2) is 8.80. The van der Waals surface area contributed by atoms with Crippen LogP contribution in [0.15, 0.2) is 48.8 Å². The Hall–Kier alpha value is -2.69. The number of rotatable bonds is 6. The zero-order chi connectivity index (χ0) is 19.2. The van der Waals surface area contributed by atoms with Crippen molar-refractivity contribution in [3.63, 3.8) is 0 Å². The molecular weight excluding hydrogens is 338 g/mol. The third-order valence-electron chi connectivity index (χ3n) is 5.08. The number of carbonyl (C=O) groups is 2. The lowest BCUT2D eigenvalue weighted by Gasteiger charge is -2.40. The molecule has 3 rings (SSSR count). The van der Waals surface area contributed by atoms with Crippen LogP contribution in [0.5, 0.6) is 0 Å². The summed E-state index contributed by atoms with van der Waals surface area (Å²) < 4.78 is 0. The molecule has 0 unspecified atom stereocenters. The van der Waals surface area contributed by atoms with Crippen molar-refractivity contribution in [2.24, 2.45) is 0 Å². The molecule has 1 atom stereocenters. The maximum atomic E-state index is 13.0. The molecule has 1 fully saturated rings. The van der Waals surface area contributed by atoms with Crippen LogP contribution in [0.3, 0.4) is 0 Å². The van der Waals surface area contributed by atoms with Gasteiger partial charge in [0, 0.05) is 44.9 Å². The highest BCUT2D eigenvalue weighted by Gasteiger charge is 2.36. The molecule has 0 bridgehead atoms. The molecule has 1 aliphatic heterocycles. The predicted molar refractivity (Wildman–Crippen MR) is 106 cm³/mol. The topological polar surface area (TPSA) is 53.5 Å². The Morgan fingerprint density at radius 2 is 1.89 bits per heavy atom. The quantitative estimate of drug-likeness (QED) is 0.790. The lowest BCUT2D eigenvalue weighted by molar-refractivity contribution is -0.151. The van der Waals surface area contributed by atoms with Gasteiger partial charge in [0.2, 0.25) is 11.8 Å². The smallest absolute Gasteiger partial charge is 0.245 e. The van der Waals surface area contributed by atoms with Crippen LogP contribution >= 0.6 is 0 Å². The van der Waals surface area contributed by atoms with E-state index in [4.69, 9.17) is 0 Å². The fourth-order valence-corrected chi connectivity index (χ4v) is 3.62. The van der Waals surface area contributed by atoms with Crippen LogP contribution < -0.4 is 0 Å². The normalized spacial score (nSPS) is 17.3. The molecule has 1 saturated heterocycles. The number of pyridine rings is 1. The number of hydrogen-bond donors (Lipinski definition) is 0. The monoisotopic (exact) mass is 365 g/mol. The number of piperazine rings is 1. The second-order valence-corrected chi connectivity index (χ2v) is 6.92. The van der Waals surface area contributed by atoms with Crippen molar-refractivity contribution in [3.8, 4) is 11.1 Å². The van der Waals surface area contributed by atoms with Gasteiger partial charge < -0.3 is 9.80 Å². The molecule has 0 N–H and O–H groups in total. The molecule has 1 aliphatic rings. The van der Waals surface area contributed by atoms with E-state index >= 15 is 0 Å². The molecular formula is C22H27N3O2. The van der Waals surface area contributed by atoms with Gasteiger partial charge in [-0.3, -0.25) is 14.6 Å². The van der Waals surface area contributed by atoms with Gasteiger partial charge in [0.1, 0.15) is 6.04 Å². The van der Waals surface area contributed by atoms with Gasteiger partial charge in [-0.05, 0) is 29.2 Å². The first-order chi connectivity index (χ1) is 13.1. The molecule has 0 saturated carbocycles. The van der Waals surface area contributed by atoms with E-state index in [2.05, 4.69) is 24.0 Å². The van der Waals surface area contributed by atoms with Crippen molar-refractivity contribution < 1.29 is 9.59 Å². The Morgan fingerprint density at radius 3 is 2.52 bits per heavy atom. The summed E-state index contributed by atoms with van der Waals surface area (Å²) >= 11 is 0. The Labute approximate surface area is 161 Å². The van der Waals surface area contributed by atoms with Gasteiger partial charge in [0.25, 0.3) is 0 Å². The lowest BCUT2D eigenvalue weighted by atomic mass is 9.98. The summed E-state index contributed by atoms with van der Waals surface area (Å²) in [7, 11) is 0. The zero-order valence-corrected chi connectivity index (χ0v) is 16.1. The van der Waals surface area contributed by atoms with E-state index in [1.165, 1.54) is 0 Å². The minimum Gasteiger partial charge on any atom is -0.339 e. The minimum absolute atomic E-state index is 0.0523. The van der Waals surface area contributed by atoms with Crippen LogP contribution in [0.4, 0.5) is 0 Å². The fraction of sp³-hybridized carbons (Fsp3) is 0.409. The third-order valence-corrected chi connectivity index (χ3v) is 5.08. The maximum absolute atomic E-state index is 13.0. The van der Waals surface area contributed by atoms with Gasteiger partial charge >= 0.3 is 0 Å². The zero-order valence-electron chi connectivity index (χ0n) is 16.1. The molecule has 27 heavy (non-hydrogen) atoms. The van der Waals surface area contributed by atoms with E-state index in [0.29, 0.717) is 25.9 Å². The van der Waals surface area contributed by atoms with Crippen molar-refractivity contribution in [2.75, 3.05) is 19.6 Å². The first-order valence-electron chi connectivity index (χ1n) is 9.71. The van der Waals surface area contributed by atoms with E-state index in [1.807, 2.05) is 42.3 Å². The molecule has 5 nitrogen and oxygen atoms in total. The van der Waals surface area contributed by atoms with Gasteiger partial charge in [0.05, 0.1) is 0 Å². The average Bonchev–Trinajstić information content (AvgIpc) is 2.72. The Balaban J connectivity index is 1.79. The Morgan fingerprint density at radius 1 is 1.11 bits per heavy atom. The molecule has 0 radical (unpaired) electrons. The molecule has 2 heterocycles. The van der Waals surface area contributed by atoms with Gasteiger partial charge in [0.15, 0.2) is 0 Å². The molecule has 2 aromatic rings. The minimum atomic E-state index is -0.401. The molecule has 0 spiro atoms. The first-order valence-corrected chi connectivity index (χ1v) is 9.71. The van der Waals surface area contributed by atoms with Gasteiger partial charge in [-0.15, -0.1) is 0 Å². The predicted octanol–water partition coefficient (Wildman–Crippen LogP) is 3.15. The molecule has 142 valence electrons. The van der Waals surface area contributed by atoms with E-state index < -0.39 is 6.04 Å². The van der Waals surface area contributed by atoms with Gasteiger partial charge in [-0.25, -0.2) is 0 Å². The lowest BCUT2D eigenvalue weighted by Crippen LogP contribution is -2.59. The number of aromatic nitrogens is 1. The van der Waals surface area contributed by atoms with E-state index in [0.717, 1.165) is 29.7 Å². The van der Waals surface area contributed by atoms with Crippen LogP contribution in [-0.4, -0.2) is 52.3 Å². The number of nitrogens with zero attached hydrogens (tertiary/aromatic N) is 3. The largest absolute Gasteiger partial charge is 0.339 e. The average molecular weight is 365 g/mol. The number of benzene rings is 1. The highest BCUT2D eigenvalue weighted by atomic mass is 16.2. The Kier molecular flexibility index (Phi) is 6.22. The highest BCUT2D eigenvalue weighted by molar-refractivity contribution is 5.89. The summed E-state index contributed by atoms with van der Waals surface area (Å²) in [5, 5.41) is 0. The number of hydrogen-bond acceptors (Lipinski definition) is 3. The first kappa shape index (κ1) is 19.1. The van der Waals surface area contributed by atoms with E-state index in [9.17, 15) is 9.59 Å². The maximum Gasteiger partial charge on any atom is 0.245 e. The Bertz CT molecular complexity index is 774. The van der Waals surface area contributed by atoms with Crippen molar-refractivity contribution in [3.05, 3.63) is 54.4 Å². The van der Waals surface area contributed by atoms with Crippen LogP contribution in [0, 0.1) is 0 Å². The summed E-state index contributed by atoms with van der Waals surface area (Å²) in [6, 6.07) is 11.7. The van der Waals surface area contributed by atoms with Crippen molar-refractivity contribution >= 4 is 11.8 Å². The molecule has 2 amide bonds. The van der Waals surface area contributed by atoms with Gasteiger partial charge in [-0.2, -0.15) is 0 Å². The SMILES string of the molecule is CCCN1CCN(C(=O)CC)[C@@H](Cc2ccc(-c3cccnc3)cc2)C1=O. The summed E-state index contributed by atoms with van der Waals surface area (Å²) in [4.78, 5) is 33.1. The van der Waals surface area contributed by atoms with Gasteiger partial charge in [-0.1, -0.05) is 44.2 Å². The third kappa shape index (κ3) is 4.35. The molecule has 5 heteroatoms. The molecule has 0 aliphatic carbocycles.